The van der Waals surface area contributed by atoms with Crippen molar-refractivity contribution in [1.82, 2.24) is 15.0 Å². The predicted molar refractivity (Wildman–Crippen MR) is 115 cm³/mol. The SMILES string of the molecule is Cc1cccc(-c2cn(Cc3ccc(C(=O)Nc4ccccc4N)cc3)nn2)c1. The van der Waals surface area contributed by atoms with Crippen molar-refractivity contribution in [3.63, 3.8) is 0 Å². The van der Waals surface area contributed by atoms with Crippen LogP contribution in [0.1, 0.15) is 21.5 Å². The van der Waals surface area contributed by atoms with Gasteiger partial charge in [-0.1, -0.05) is 53.2 Å². The number of amides is 1. The summed E-state index contributed by atoms with van der Waals surface area (Å²) in [6.45, 7) is 2.63. The highest BCUT2D eigenvalue weighted by atomic mass is 16.1. The minimum absolute atomic E-state index is 0.197. The van der Waals surface area contributed by atoms with Crippen LogP contribution in [0.2, 0.25) is 0 Å². The van der Waals surface area contributed by atoms with Crippen LogP contribution in [0.4, 0.5) is 11.4 Å². The van der Waals surface area contributed by atoms with Crippen molar-refractivity contribution in [2.45, 2.75) is 13.5 Å². The molecule has 4 aromatic rings. The zero-order valence-electron chi connectivity index (χ0n) is 16.0. The summed E-state index contributed by atoms with van der Waals surface area (Å²) in [5.41, 5.74) is 11.7. The van der Waals surface area contributed by atoms with E-state index in [0.717, 1.165) is 16.8 Å². The standard InChI is InChI=1S/C23H21N5O/c1-16-5-4-6-19(13-16)22-15-28(27-26-22)14-17-9-11-18(12-10-17)23(29)25-21-8-3-2-7-20(21)24/h2-13,15H,14,24H2,1H3,(H,25,29). The number of para-hydroxylation sites is 2. The van der Waals surface area contributed by atoms with Gasteiger partial charge >= 0.3 is 0 Å². The summed E-state index contributed by atoms with van der Waals surface area (Å²) in [6, 6.07) is 22.8. The van der Waals surface area contributed by atoms with E-state index >= 15 is 0 Å². The van der Waals surface area contributed by atoms with Crippen LogP contribution in [0.25, 0.3) is 11.3 Å². The number of nitrogens with zero attached hydrogens (tertiary/aromatic N) is 3. The molecule has 3 aromatic carbocycles. The third-order valence-electron chi connectivity index (χ3n) is 4.62. The minimum Gasteiger partial charge on any atom is -0.397 e. The Morgan fingerprint density at radius 1 is 1.03 bits per heavy atom. The maximum Gasteiger partial charge on any atom is 0.255 e. The van der Waals surface area contributed by atoms with Gasteiger partial charge in [-0.15, -0.1) is 5.10 Å². The summed E-state index contributed by atoms with van der Waals surface area (Å²) >= 11 is 0. The van der Waals surface area contributed by atoms with E-state index in [1.807, 2.05) is 42.6 Å². The van der Waals surface area contributed by atoms with E-state index in [4.69, 9.17) is 5.73 Å². The summed E-state index contributed by atoms with van der Waals surface area (Å²) < 4.78 is 1.79. The number of aryl methyl sites for hydroxylation is 1. The van der Waals surface area contributed by atoms with E-state index in [2.05, 4.69) is 34.7 Å². The lowest BCUT2D eigenvalue weighted by atomic mass is 10.1. The normalized spacial score (nSPS) is 10.7. The van der Waals surface area contributed by atoms with Crippen LogP contribution in [0, 0.1) is 6.92 Å². The number of carbonyl (C=O) groups excluding carboxylic acids is 1. The maximum atomic E-state index is 12.4. The number of aromatic nitrogens is 3. The maximum absolute atomic E-state index is 12.4. The van der Waals surface area contributed by atoms with E-state index in [1.54, 1.807) is 28.9 Å². The second kappa shape index (κ2) is 7.98. The van der Waals surface area contributed by atoms with E-state index in [1.165, 1.54) is 5.56 Å². The molecule has 0 unspecified atom stereocenters. The van der Waals surface area contributed by atoms with Crippen LogP contribution in [-0.2, 0) is 6.54 Å². The van der Waals surface area contributed by atoms with Gasteiger partial charge in [0.15, 0.2) is 0 Å². The van der Waals surface area contributed by atoms with Crippen molar-refractivity contribution in [2.75, 3.05) is 11.1 Å². The van der Waals surface area contributed by atoms with Crippen molar-refractivity contribution in [3.8, 4) is 11.3 Å². The molecule has 3 N–H and O–H groups in total. The quantitative estimate of drug-likeness (QED) is 0.507. The predicted octanol–water partition coefficient (Wildman–Crippen LogP) is 4.14. The number of anilines is 2. The van der Waals surface area contributed by atoms with Gasteiger partial charge in [-0.05, 0) is 42.8 Å². The molecule has 4 rings (SSSR count). The van der Waals surface area contributed by atoms with E-state index in [9.17, 15) is 4.79 Å². The average Bonchev–Trinajstić information content (AvgIpc) is 3.19. The average molecular weight is 383 g/mol. The molecule has 1 amide bonds. The molecule has 0 saturated carbocycles. The number of hydrogen-bond acceptors (Lipinski definition) is 4. The molecule has 0 atom stereocenters. The largest absolute Gasteiger partial charge is 0.397 e. The number of nitrogens with two attached hydrogens (primary N) is 1. The molecule has 144 valence electrons. The van der Waals surface area contributed by atoms with Gasteiger partial charge < -0.3 is 11.1 Å². The fraction of sp³-hybridized carbons (Fsp3) is 0.0870. The molecule has 0 aliphatic heterocycles. The summed E-state index contributed by atoms with van der Waals surface area (Å²) in [4.78, 5) is 12.4. The van der Waals surface area contributed by atoms with Crippen molar-refractivity contribution < 1.29 is 4.79 Å². The molecule has 0 fully saturated rings. The Balaban J connectivity index is 1.43. The zero-order chi connectivity index (χ0) is 20.2. The second-order valence-electron chi connectivity index (χ2n) is 6.91. The molecule has 0 aliphatic rings. The Kier molecular flexibility index (Phi) is 5.07. The minimum atomic E-state index is -0.197. The van der Waals surface area contributed by atoms with E-state index in [-0.39, 0.29) is 5.91 Å². The van der Waals surface area contributed by atoms with Gasteiger partial charge in [-0.2, -0.15) is 0 Å². The summed E-state index contributed by atoms with van der Waals surface area (Å²) in [5.74, 6) is -0.197. The molecule has 1 aromatic heterocycles. The first-order chi connectivity index (χ1) is 14.1. The van der Waals surface area contributed by atoms with Gasteiger partial charge in [0.1, 0.15) is 5.69 Å². The molecular weight excluding hydrogens is 362 g/mol. The van der Waals surface area contributed by atoms with Crippen LogP contribution in [0.15, 0.2) is 79.0 Å². The topological polar surface area (TPSA) is 85.8 Å². The molecule has 6 nitrogen and oxygen atoms in total. The first kappa shape index (κ1) is 18.4. The van der Waals surface area contributed by atoms with Gasteiger partial charge in [-0.25, -0.2) is 4.68 Å². The monoisotopic (exact) mass is 383 g/mol. The van der Waals surface area contributed by atoms with Crippen molar-refractivity contribution in [1.29, 1.82) is 0 Å². The molecule has 6 heteroatoms. The molecule has 0 spiro atoms. The van der Waals surface area contributed by atoms with Crippen LogP contribution in [-0.4, -0.2) is 20.9 Å². The van der Waals surface area contributed by atoms with Gasteiger partial charge in [0, 0.05) is 11.1 Å². The number of benzene rings is 3. The van der Waals surface area contributed by atoms with Gasteiger partial charge in [0.25, 0.3) is 5.91 Å². The number of nitrogens with one attached hydrogen (secondary N) is 1. The van der Waals surface area contributed by atoms with Crippen LogP contribution < -0.4 is 11.1 Å². The molecular formula is C23H21N5O. The Hall–Kier alpha value is -3.93. The number of hydrogen-bond donors (Lipinski definition) is 2. The molecule has 0 aliphatic carbocycles. The fourth-order valence-electron chi connectivity index (χ4n) is 3.07. The number of carbonyl (C=O) groups is 1. The first-order valence-corrected chi connectivity index (χ1v) is 9.30. The Labute approximate surface area is 169 Å². The molecule has 0 radical (unpaired) electrons. The lowest BCUT2D eigenvalue weighted by molar-refractivity contribution is 0.102. The molecule has 0 bridgehead atoms. The van der Waals surface area contributed by atoms with Crippen molar-refractivity contribution >= 4 is 17.3 Å². The van der Waals surface area contributed by atoms with Gasteiger partial charge in [0.2, 0.25) is 0 Å². The third-order valence-corrected chi connectivity index (χ3v) is 4.62. The summed E-state index contributed by atoms with van der Waals surface area (Å²) in [5, 5.41) is 11.3. The summed E-state index contributed by atoms with van der Waals surface area (Å²) in [7, 11) is 0. The molecule has 29 heavy (non-hydrogen) atoms. The van der Waals surface area contributed by atoms with E-state index < -0.39 is 0 Å². The first-order valence-electron chi connectivity index (χ1n) is 9.30. The Morgan fingerprint density at radius 3 is 2.59 bits per heavy atom. The lowest BCUT2D eigenvalue weighted by Crippen LogP contribution is -2.13. The number of nitrogen functional groups attached to an aromatic ring is 1. The highest BCUT2D eigenvalue weighted by Crippen LogP contribution is 2.19. The van der Waals surface area contributed by atoms with Crippen molar-refractivity contribution in [2.24, 2.45) is 0 Å². The van der Waals surface area contributed by atoms with Gasteiger partial charge in [0.05, 0.1) is 24.1 Å². The van der Waals surface area contributed by atoms with E-state index in [0.29, 0.717) is 23.5 Å². The van der Waals surface area contributed by atoms with Crippen LogP contribution in [0.3, 0.4) is 0 Å². The summed E-state index contributed by atoms with van der Waals surface area (Å²) in [6.07, 6.45) is 1.92. The Bertz CT molecular complexity index is 1150. The van der Waals surface area contributed by atoms with Crippen molar-refractivity contribution in [3.05, 3.63) is 95.7 Å². The van der Waals surface area contributed by atoms with Crippen LogP contribution in [0.5, 0.6) is 0 Å². The second-order valence-corrected chi connectivity index (χ2v) is 6.91. The molecule has 0 saturated heterocycles. The number of rotatable bonds is 5. The Morgan fingerprint density at radius 2 is 1.83 bits per heavy atom. The highest BCUT2D eigenvalue weighted by molar-refractivity contribution is 6.05. The fourth-order valence-corrected chi connectivity index (χ4v) is 3.07. The third kappa shape index (κ3) is 4.32. The van der Waals surface area contributed by atoms with Crippen LogP contribution >= 0.6 is 0 Å². The lowest BCUT2D eigenvalue weighted by Gasteiger charge is -2.08. The smallest absolute Gasteiger partial charge is 0.255 e. The molecule has 1 heterocycles. The highest BCUT2D eigenvalue weighted by Gasteiger charge is 2.09. The zero-order valence-corrected chi connectivity index (χ0v) is 16.0. The van der Waals surface area contributed by atoms with Gasteiger partial charge in [-0.3, -0.25) is 4.79 Å².